The second kappa shape index (κ2) is 4.72. The molecule has 5 nitrogen and oxygen atoms in total. The number of carbonyl (C=O) groups excluding carboxylic acids is 1. The van der Waals surface area contributed by atoms with Crippen molar-refractivity contribution < 1.29 is 4.79 Å². The quantitative estimate of drug-likeness (QED) is 0.763. The van der Waals surface area contributed by atoms with Gasteiger partial charge in [0.2, 0.25) is 5.91 Å². The van der Waals surface area contributed by atoms with E-state index in [9.17, 15) is 4.79 Å². The second-order valence-corrected chi connectivity index (χ2v) is 5.51. The molecule has 2 rings (SSSR count). The molecule has 2 heterocycles. The van der Waals surface area contributed by atoms with Gasteiger partial charge < -0.3 is 10.6 Å². The molecular formula is C13H22N4O. The van der Waals surface area contributed by atoms with Crippen LogP contribution in [0.4, 0.5) is 5.82 Å². The van der Waals surface area contributed by atoms with Gasteiger partial charge in [-0.2, -0.15) is 5.10 Å². The average Bonchev–Trinajstić information content (AvgIpc) is 2.92. The highest BCUT2D eigenvalue weighted by Crippen LogP contribution is 2.35. The Morgan fingerprint density at radius 1 is 1.44 bits per heavy atom. The summed E-state index contributed by atoms with van der Waals surface area (Å²) < 4.78 is 0. The Morgan fingerprint density at radius 2 is 2.17 bits per heavy atom. The van der Waals surface area contributed by atoms with E-state index >= 15 is 0 Å². The lowest BCUT2D eigenvalue weighted by Crippen LogP contribution is -2.42. The molecule has 3 N–H and O–H groups in total. The maximum atomic E-state index is 12.5. The number of nitrogens with one attached hydrogen (secondary N) is 3. The minimum Gasteiger partial charge on any atom is -0.316 e. The number of hydrogen-bond acceptors (Lipinski definition) is 3. The van der Waals surface area contributed by atoms with E-state index in [0.717, 1.165) is 30.8 Å². The summed E-state index contributed by atoms with van der Waals surface area (Å²) in [4.78, 5) is 12.5. The van der Waals surface area contributed by atoms with Crippen molar-refractivity contribution in [3.63, 3.8) is 0 Å². The van der Waals surface area contributed by atoms with E-state index in [0.29, 0.717) is 11.7 Å². The molecule has 5 heteroatoms. The summed E-state index contributed by atoms with van der Waals surface area (Å²) in [5, 5.41) is 13.3. The smallest absolute Gasteiger partial charge is 0.233 e. The zero-order chi connectivity index (χ0) is 13.3. The molecular weight excluding hydrogens is 228 g/mol. The van der Waals surface area contributed by atoms with Crippen molar-refractivity contribution in [1.29, 1.82) is 0 Å². The Morgan fingerprint density at radius 3 is 2.61 bits per heavy atom. The number of amides is 1. The zero-order valence-electron chi connectivity index (χ0n) is 11.6. The molecule has 0 saturated carbocycles. The largest absolute Gasteiger partial charge is 0.316 e. The molecule has 1 amide bonds. The van der Waals surface area contributed by atoms with Gasteiger partial charge in [-0.15, -0.1) is 0 Å². The summed E-state index contributed by atoms with van der Waals surface area (Å²) in [6, 6.07) is 0. The first-order valence-electron chi connectivity index (χ1n) is 6.51. The summed E-state index contributed by atoms with van der Waals surface area (Å²) in [7, 11) is 0. The van der Waals surface area contributed by atoms with Crippen molar-refractivity contribution in [3.8, 4) is 0 Å². The molecule has 0 aromatic carbocycles. The lowest BCUT2D eigenvalue weighted by Gasteiger charge is -2.30. The zero-order valence-corrected chi connectivity index (χ0v) is 11.6. The predicted octanol–water partition coefficient (Wildman–Crippen LogP) is 1.60. The van der Waals surface area contributed by atoms with Gasteiger partial charge in [-0.25, -0.2) is 0 Å². The molecule has 1 atom stereocenters. The molecule has 1 fully saturated rings. The van der Waals surface area contributed by atoms with Crippen LogP contribution in [0.2, 0.25) is 0 Å². The summed E-state index contributed by atoms with van der Waals surface area (Å²) in [6.07, 6.45) is 0.888. The fourth-order valence-electron chi connectivity index (χ4n) is 2.50. The Balaban J connectivity index is 2.18. The van der Waals surface area contributed by atoms with Crippen LogP contribution < -0.4 is 10.6 Å². The van der Waals surface area contributed by atoms with Crippen molar-refractivity contribution in [2.75, 3.05) is 18.4 Å². The first-order valence-corrected chi connectivity index (χ1v) is 6.51. The number of H-pyrrole nitrogens is 1. The average molecular weight is 250 g/mol. The molecule has 0 aliphatic carbocycles. The number of rotatable bonds is 3. The monoisotopic (exact) mass is 250 g/mol. The first kappa shape index (κ1) is 13.1. The van der Waals surface area contributed by atoms with Crippen molar-refractivity contribution in [2.45, 2.75) is 34.1 Å². The summed E-state index contributed by atoms with van der Waals surface area (Å²) >= 11 is 0. The first-order chi connectivity index (χ1) is 8.47. The van der Waals surface area contributed by atoms with Gasteiger partial charge in [0.25, 0.3) is 0 Å². The topological polar surface area (TPSA) is 69.8 Å². The van der Waals surface area contributed by atoms with Gasteiger partial charge in [-0.1, -0.05) is 13.8 Å². The summed E-state index contributed by atoms with van der Waals surface area (Å²) in [5.74, 6) is 1.05. The molecule has 1 aromatic heterocycles. The van der Waals surface area contributed by atoms with Crippen LogP contribution in [0.3, 0.4) is 0 Å². The van der Waals surface area contributed by atoms with E-state index in [1.165, 1.54) is 0 Å². The number of aromatic nitrogens is 2. The second-order valence-electron chi connectivity index (χ2n) is 5.51. The van der Waals surface area contributed by atoms with Crippen LogP contribution in [0, 0.1) is 25.2 Å². The highest BCUT2D eigenvalue weighted by atomic mass is 16.2. The van der Waals surface area contributed by atoms with Crippen molar-refractivity contribution >= 4 is 11.7 Å². The summed E-state index contributed by atoms with van der Waals surface area (Å²) in [6.45, 7) is 9.78. The Kier molecular flexibility index (Phi) is 3.43. The molecule has 0 spiro atoms. The van der Waals surface area contributed by atoms with Crippen LogP contribution in [-0.4, -0.2) is 29.2 Å². The Bertz CT molecular complexity index is 444. The van der Waals surface area contributed by atoms with Crippen LogP contribution in [0.1, 0.15) is 31.5 Å². The third kappa shape index (κ3) is 2.03. The van der Waals surface area contributed by atoms with Gasteiger partial charge in [0, 0.05) is 17.8 Å². The van der Waals surface area contributed by atoms with E-state index in [-0.39, 0.29) is 11.3 Å². The number of hydrogen-bond donors (Lipinski definition) is 3. The molecule has 18 heavy (non-hydrogen) atoms. The van der Waals surface area contributed by atoms with Gasteiger partial charge in [-0.05, 0) is 32.7 Å². The van der Waals surface area contributed by atoms with Gasteiger partial charge in [-0.3, -0.25) is 9.89 Å². The van der Waals surface area contributed by atoms with Gasteiger partial charge in [0.1, 0.15) is 0 Å². The van der Waals surface area contributed by atoms with Crippen molar-refractivity contribution in [2.24, 2.45) is 11.3 Å². The highest BCUT2D eigenvalue weighted by molar-refractivity contribution is 5.95. The molecule has 1 aliphatic rings. The fourth-order valence-corrected chi connectivity index (χ4v) is 2.50. The number of aryl methyl sites for hydroxylation is 1. The minimum absolute atomic E-state index is 0.0806. The number of aromatic amines is 1. The molecule has 1 aliphatic heterocycles. The van der Waals surface area contributed by atoms with Crippen molar-refractivity contribution in [1.82, 2.24) is 15.5 Å². The maximum Gasteiger partial charge on any atom is 0.233 e. The lowest BCUT2D eigenvalue weighted by atomic mass is 9.75. The van der Waals surface area contributed by atoms with Crippen LogP contribution in [0.15, 0.2) is 0 Å². The van der Waals surface area contributed by atoms with Crippen LogP contribution >= 0.6 is 0 Å². The molecule has 1 aromatic rings. The minimum atomic E-state index is -0.306. The summed E-state index contributed by atoms with van der Waals surface area (Å²) in [5.41, 5.74) is 1.70. The molecule has 1 unspecified atom stereocenters. The van der Waals surface area contributed by atoms with Gasteiger partial charge in [0.05, 0.1) is 5.41 Å². The number of carbonyl (C=O) groups is 1. The normalized spacial score (nSPS) is 23.6. The molecule has 0 radical (unpaired) electrons. The highest BCUT2D eigenvalue weighted by Gasteiger charge is 2.44. The maximum absolute atomic E-state index is 12.5. The van der Waals surface area contributed by atoms with Gasteiger partial charge >= 0.3 is 0 Å². The Hall–Kier alpha value is -1.36. The van der Waals surface area contributed by atoms with Crippen LogP contribution in [0.5, 0.6) is 0 Å². The van der Waals surface area contributed by atoms with E-state index in [4.69, 9.17) is 0 Å². The fraction of sp³-hybridized carbons (Fsp3) is 0.692. The van der Waals surface area contributed by atoms with Crippen LogP contribution in [0.25, 0.3) is 0 Å². The Labute approximate surface area is 108 Å². The van der Waals surface area contributed by atoms with Crippen molar-refractivity contribution in [3.05, 3.63) is 11.3 Å². The molecule has 100 valence electrons. The third-order valence-corrected chi connectivity index (χ3v) is 4.23. The van der Waals surface area contributed by atoms with E-state index in [1.807, 2.05) is 13.8 Å². The molecule has 1 saturated heterocycles. The SMILES string of the molecule is Cc1[nH]nc(NC(=O)C2(C(C)C)CCNC2)c1C. The van der Waals surface area contributed by atoms with Gasteiger partial charge in [0.15, 0.2) is 5.82 Å². The van der Waals surface area contributed by atoms with E-state index < -0.39 is 0 Å². The molecule has 0 bridgehead atoms. The van der Waals surface area contributed by atoms with E-state index in [2.05, 4.69) is 34.7 Å². The number of nitrogens with zero attached hydrogens (tertiary/aromatic N) is 1. The number of anilines is 1. The van der Waals surface area contributed by atoms with Crippen LogP contribution in [-0.2, 0) is 4.79 Å². The standard InChI is InChI=1S/C13H22N4O/c1-8(2)13(5-6-14-7-13)12(18)15-11-9(3)10(4)16-17-11/h8,14H,5-7H2,1-4H3,(H2,15,16,17,18). The van der Waals surface area contributed by atoms with E-state index in [1.54, 1.807) is 0 Å². The third-order valence-electron chi connectivity index (χ3n) is 4.23. The predicted molar refractivity (Wildman–Crippen MR) is 71.4 cm³/mol. The lowest BCUT2D eigenvalue weighted by molar-refractivity contribution is -0.126.